The van der Waals surface area contributed by atoms with Gasteiger partial charge in [0.1, 0.15) is 0 Å². The third kappa shape index (κ3) is 4.94. The molecule has 2 aliphatic rings. The predicted octanol–water partition coefficient (Wildman–Crippen LogP) is 2.21. The van der Waals surface area contributed by atoms with Crippen LogP contribution in [0.1, 0.15) is 39.0 Å². The molecule has 1 saturated carbocycles. The largest absolute Gasteiger partial charge is 0.381 e. The molecule has 1 N–H and O–H groups in total. The number of nitrogens with one attached hydrogen (secondary N) is 1. The first-order valence-corrected chi connectivity index (χ1v) is 7.23. The van der Waals surface area contributed by atoms with Crippen molar-refractivity contribution in [2.75, 3.05) is 33.0 Å². The topological polar surface area (TPSA) is 30.5 Å². The highest BCUT2D eigenvalue weighted by Gasteiger charge is 2.18. The lowest BCUT2D eigenvalue weighted by Gasteiger charge is -2.27. The molecule has 1 aliphatic heterocycles. The van der Waals surface area contributed by atoms with Crippen molar-refractivity contribution in [2.24, 2.45) is 11.8 Å². The van der Waals surface area contributed by atoms with E-state index in [1.807, 2.05) is 0 Å². The molecule has 0 aromatic rings. The normalized spacial score (nSPS) is 34.1. The molecule has 0 radical (unpaired) electrons. The van der Waals surface area contributed by atoms with Crippen LogP contribution < -0.4 is 5.32 Å². The maximum Gasteiger partial charge on any atom is 0.0591 e. The Labute approximate surface area is 105 Å². The smallest absolute Gasteiger partial charge is 0.0591 e. The molecule has 3 atom stereocenters. The minimum atomic E-state index is 0.643. The minimum Gasteiger partial charge on any atom is -0.381 e. The number of hydrogen-bond acceptors (Lipinski definition) is 3. The summed E-state index contributed by atoms with van der Waals surface area (Å²) in [5.41, 5.74) is 0. The van der Waals surface area contributed by atoms with E-state index in [1.54, 1.807) is 0 Å². The fraction of sp³-hybridized carbons (Fsp3) is 1.00. The highest BCUT2D eigenvalue weighted by Crippen LogP contribution is 2.23. The molecular weight excluding hydrogens is 214 g/mol. The number of rotatable bonds is 6. The summed E-state index contributed by atoms with van der Waals surface area (Å²) in [5, 5.41) is 3.62. The van der Waals surface area contributed by atoms with Crippen LogP contribution in [0, 0.1) is 11.8 Å². The van der Waals surface area contributed by atoms with E-state index < -0.39 is 0 Å². The second-order valence-corrected chi connectivity index (χ2v) is 5.73. The molecule has 2 rings (SSSR count). The third-order valence-corrected chi connectivity index (χ3v) is 3.99. The summed E-state index contributed by atoms with van der Waals surface area (Å²) >= 11 is 0. The Kier molecular flexibility index (Phi) is 5.75. The van der Waals surface area contributed by atoms with Gasteiger partial charge in [-0.3, -0.25) is 0 Å². The van der Waals surface area contributed by atoms with Gasteiger partial charge in [-0.2, -0.15) is 0 Å². The lowest BCUT2D eigenvalue weighted by Crippen LogP contribution is -2.35. The fourth-order valence-corrected chi connectivity index (χ4v) is 2.92. The zero-order valence-electron chi connectivity index (χ0n) is 11.1. The van der Waals surface area contributed by atoms with E-state index in [9.17, 15) is 0 Å². The molecule has 100 valence electrons. The Bertz CT molecular complexity index is 204. The molecule has 17 heavy (non-hydrogen) atoms. The second kappa shape index (κ2) is 7.34. The van der Waals surface area contributed by atoms with Crippen LogP contribution in [0.5, 0.6) is 0 Å². The van der Waals surface area contributed by atoms with Crippen LogP contribution in [0.25, 0.3) is 0 Å². The first kappa shape index (κ1) is 13.3. The predicted molar refractivity (Wildman–Crippen MR) is 69.2 cm³/mol. The van der Waals surface area contributed by atoms with Gasteiger partial charge in [-0.05, 0) is 25.2 Å². The molecule has 3 nitrogen and oxygen atoms in total. The van der Waals surface area contributed by atoms with Crippen molar-refractivity contribution in [1.29, 1.82) is 0 Å². The molecular formula is C14H27NO2. The molecule has 0 amide bonds. The summed E-state index contributed by atoms with van der Waals surface area (Å²) < 4.78 is 11.0. The molecule has 3 heteroatoms. The molecule has 2 fully saturated rings. The Morgan fingerprint density at radius 2 is 2.24 bits per heavy atom. The standard InChI is InChI=1S/C14H27NO2/c1-12-3-2-4-14(9-12)15-6-8-17-11-13-5-7-16-10-13/h12-15H,2-11H2,1H3. The summed E-state index contributed by atoms with van der Waals surface area (Å²) in [7, 11) is 0. The van der Waals surface area contributed by atoms with Gasteiger partial charge in [0.15, 0.2) is 0 Å². The first-order chi connectivity index (χ1) is 8.34. The summed E-state index contributed by atoms with van der Waals surface area (Å²) in [5.74, 6) is 1.54. The van der Waals surface area contributed by atoms with Gasteiger partial charge < -0.3 is 14.8 Å². The van der Waals surface area contributed by atoms with E-state index >= 15 is 0 Å². The maximum absolute atomic E-state index is 5.69. The van der Waals surface area contributed by atoms with E-state index in [4.69, 9.17) is 9.47 Å². The van der Waals surface area contributed by atoms with Crippen LogP contribution >= 0.6 is 0 Å². The van der Waals surface area contributed by atoms with Crippen LogP contribution in [0.4, 0.5) is 0 Å². The molecule has 1 saturated heterocycles. The van der Waals surface area contributed by atoms with Gasteiger partial charge >= 0.3 is 0 Å². The Morgan fingerprint density at radius 1 is 1.29 bits per heavy atom. The zero-order chi connectivity index (χ0) is 11.9. The van der Waals surface area contributed by atoms with Gasteiger partial charge in [0, 0.05) is 25.1 Å². The Hall–Kier alpha value is -0.120. The van der Waals surface area contributed by atoms with Gasteiger partial charge in [0.25, 0.3) is 0 Å². The molecule has 1 aliphatic carbocycles. The van der Waals surface area contributed by atoms with Gasteiger partial charge in [-0.25, -0.2) is 0 Å². The van der Waals surface area contributed by atoms with Crippen LogP contribution in [0.3, 0.4) is 0 Å². The lowest BCUT2D eigenvalue weighted by atomic mass is 9.87. The van der Waals surface area contributed by atoms with Gasteiger partial charge in [0.05, 0.1) is 19.8 Å². The summed E-state index contributed by atoms with van der Waals surface area (Å²) in [6.07, 6.45) is 6.67. The quantitative estimate of drug-likeness (QED) is 0.723. The van der Waals surface area contributed by atoms with E-state index in [0.29, 0.717) is 5.92 Å². The summed E-state index contributed by atoms with van der Waals surface area (Å²) in [6, 6.07) is 0.733. The van der Waals surface area contributed by atoms with E-state index in [0.717, 1.165) is 44.9 Å². The van der Waals surface area contributed by atoms with E-state index in [2.05, 4.69) is 12.2 Å². The van der Waals surface area contributed by atoms with Crippen molar-refractivity contribution in [3.8, 4) is 0 Å². The van der Waals surface area contributed by atoms with Crippen molar-refractivity contribution in [3.05, 3.63) is 0 Å². The van der Waals surface area contributed by atoms with Crippen molar-refractivity contribution in [2.45, 2.75) is 45.1 Å². The number of hydrogen-bond donors (Lipinski definition) is 1. The Morgan fingerprint density at radius 3 is 3.00 bits per heavy atom. The van der Waals surface area contributed by atoms with Crippen LogP contribution in [0.2, 0.25) is 0 Å². The van der Waals surface area contributed by atoms with Crippen molar-refractivity contribution in [1.82, 2.24) is 5.32 Å². The molecule has 3 unspecified atom stereocenters. The fourth-order valence-electron chi connectivity index (χ4n) is 2.92. The highest BCUT2D eigenvalue weighted by molar-refractivity contribution is 4.75. The molecule has 0 spiro atoms. The van der Waals surface area contributed by atoms with Gasteiger partial charge in [-0.15, -0.1) is 0 Å². The van der Waals surface area contributed by atoms with Gasteiger partial charge in [-0.1, -0.05) is 19.8 Å². The summed E-state index contributed by atoms with van der Waals surface area (Å²) in [4.78, 5) is 0. The van der Waals surface area contributed by atoms with E-state index in [1.165, 1.54) is 32.1 Å². The average molecular weight is 241 g/mol. The molecule has 0 aromatic heterocycles. The molecule has 0 aromatic carbocycles. The Balaban J connectivity index is 1.45. The van der Waals surface area contributed by atoms with Crippen molar-refractivity contribution >= 4 is 0 Å². The monoisotopic (exact) mass is 241 g/mol. The summed E-state index contributed by atoms with van der Waals surface area (Å²) in [6.45, 7) is 6.92. The van der Waals surface area contributed by atoms with Crippen molar-refractivity contribution < 1.29 is 9.47 Å². The lowest BCUT2D eigenvalue weighted by molar-refractivity contribution is 0.0888. The molecule has 0 bridgehead atoms. The minimum absolute atomic E-state index is 0.643. The second-order valence-electron chi connectivity index (χ2n) is 5.73. The highest BCUT2D eigenvalue weighted by atomic mass is 16.5. The maximum atomic E-state index is 5.69. The zero-order valence-corrected chi connectivity index (χ0v) is 11.1. The molecule has 1 heterocycles. The third-order valence-electron chi connectivity index (χ3n) is 3.99. The average Bonchev–Trinajstić information content (AvgIpc) is 2.82. The van der Waals surface area contributed by atoms with Crippen molar-refractivity contribution in [3.63, 3.8) is 0 Å². The van der Waals surface area contributed by atoms with E-state index in [-0.39, 0.29) is 0 Å². The van der Waals surface area contributed by atoms with Gasteiger partial charge in [0.2, 0.25) is 0 Å². The SMILES string of the molecule is CC1CCCC(NCCOCC2CCOC2)C1. The number of ether oxygens (including phenoxy) is 2. The van der Waals surface area contributed by atoms with Crippen LogP contribution in [-0.2, 0) is 9.47 Å². The van der Waals surface area contributed by atoms with Crippen LogP contribution in [0.15, 0.2) is 0 Å². The first-order valence-electron chi connectivity index (χ1n) is 7.23. The van der Waals surface area contributed by atoms with Crippen LogP contribution in [-0.4, -0.2) is 39.0 Å².